The highest BCUT2D eigenvalue weighted by Gasteiger charge is 2.30. The van der Waals surface area contributed by atoms with Gasteiger partial charge in [0.1, 0.15) is 0 Å². The first-order valence-electron chi connectivity index (χ1n) is 3.17. The SMILES string of the molecule is CC1C(=O)C=NC(C#N)C1=O. The Hall–Kier alpha value is -1.50. The molecule has 2 atom stereocenters. The fraction of sp³-hybridized carbons (Fsp3) is 0.429. The van der Waals surface area contributed by atoms with Crippen LogP contribution >= 0.6 is 0 Å². The molecule has 56 valence electrons. The van der Waals surface area contributed by atoms with Gasteiger partial charge in [0.25, 0.3) is 0 Å². The molecule has 0 fully saturated rings. The molecular weight excluding hydrogens is 144 g/mol. The first-order chi connectivity index (χ1) is 5.16. The molecule has 0 saturated carbocycles. The summed E-state index contributed by atoms with van der Waals surface area (Å²) in [4.78, 5) is 25.3. The molecule has 1 heterocycles. The number of carbonyl (C=O) groups excluding carboxylic acids is 2. The van der Waals surface area contributed by atoms with Gasteiger partial charge in [-0.1, -0.05) is 0 Å². The average Bonchev–Trinajstić information content (AvgIpc) is 2.01. The Kier molecular flexibility index (Phi) is 1.81. The van der Waals surface area contributed by atoms with Crippen LogP contribution < -0.4 is 0 Å². The van der Waals surface area contributed by atoms with E-state index in [1.54, 1.807) is 6.07 Å². The number of nitriles is 1. The van der Waals surface area contributed by atoms with E-state index in [0.29, 0.717) is 0 Å². The standard InChI is InChI=1S/C7H6N2O2/c1-4-6(10)3-9-5(2-8)7(4)11/h3-5H,1H3. The first kappa shape index (κ1) is 7.61. The van der Waals surface area contributed by atoms with Crippen LogP contribution in [0.25, 0.3) is 0 Å². The lowest BCUT2D eigenvalue weighted by Crippen LogP contribution is -2.34. The van der Waals surface area contributed by atoms with Crippen molar-refractivity contribution in [1.29, 1.82) is 5.26 Å². The minimum atomic E-state index is -0.970. The number of aliphatic imine (C=N–C) groups is 1. The molecular formula is C7H6N2O2. The molecule has 0 aromatic heterocycles. The van der Waals surface area contributed by atoms with Gasteiger partial charge in [0.2, 0.25) is 0 Å². The number of rotatable bonds is 0. The minimum Gasteiger partial charge on any atom is -0.295 e. The van der Waals surface area contributed by atoms with Gasteiger partial charge in [0, 0.05) is 0 Å². The fourth-order valence-corrected chi connectivity index (χ4v) is 0.807. The molecule has 0 spiro atoms. The van der Waals surface area contributed by atoms with E-state index in [2.05, 4.69) is 4.99 Å². The highest BCUT2D eigenvalue weighted by atomic mass is 16.2. The molecule has 4 nitrogen and oxygen atoms in total. The van der Waals surface area contributed by atoms with E-state index in [0.717, 1.165) is 6.21 Å². The summed E-state index contributed by atoms with van der Waals surface area (Å²) in [5, 5.41) is 8.37. The second-order valence-corrected chi connectivity index (χ2v) is 2.34. The monoisotopic (exact) mass is 150 g/mol. The molecule has 1 rings (SSSR count). The summed E-state index contributed by atoms with van der Waals surface area (Å²) in [6.45, 7) is 1.49. The summed E-state index contributed by atoms with van der Waals surface area (Å²) in [5.74, 6) is -1.42. The van der Waals surface area contributed by atoms with Crippen LogP contribution in [0.5, 0.6) is 0 Å². The maximum Gasteiger partial charge on any atom is 0.195 e. The topological polar surface area (TPSA) is 70.3 Å². The highest BCUT2D eigenvalue weighted by Crippen LogP contribution is 2.08. The minimum absolute atomic E-state index is 0.318. The van der Waals surface area contributed by atoms with Crippen molar-refractivity contribution >= 4 is 17.8 Å². The molecule has 0 aromatic rings. The quantitative estimate of drug-likeness (QED) is 0.446. The Morgan fingerprint density at radius 2 is 2.27 bits per heavy atom. The van der Waals surface area contributed by atoms with E-state index in [9.17, 15) is 9.59 Å². The van der Waals surface area contributed by atoms with E-state index >= 15 is 0 Å². The van der Waals surface area contributed by atoms with Crippen LogP contribution in [0.1, 0.15) is 6.92 Å². The van der Waals surface area contributed by atoms with Gasteiger partial charge in [-0.05, 0) is 6.92 Å². The maximum atomic E-state index is 11.0. The van der Waals surface area contributed by atoms with Gasteiger partial charge in [0.15, 0.2) is 17.6 Å². The molecule has 11 heavy (non-hydrogen) atoms. The summed E-state index contributed by atoms with van der Waals surface area (Å²) in [6, 6.07) is 0.735. The Balaban J connectivity index is 2.96. The zero-order valence-electron chi connectivity index (χ0n) is 5.94. The van der Waals surface area contributed by atoms with Gasteiger partial charge < -0.3 is 0 Å². The van der Waals surface area contributed by atoms with E-state index in [1.807, 2.05) is 0 Å². The van der Waals surface area contributed by atoms with Crippen LogP contribution in [-0.2, 0) is 9.59 Å². The van der Waals surface area contributed by atoms with Crippen molar-refractivity contribution in [1.82, 2.24) is 0 Å². The van der Waals surface area contributed by atoms with E-state index in [4.69, 9.17) is 5.26 Å². The molecule has 0 aromatic carbocycles. The predicted molar refractivity (Wildman–Crippen MR) is 37.1 cm³/mol. The van der Waals surface area contributed by atoms with E-state index in [-0.39, 0.29) is 5.78 Å². The zero-order chi connectivity index (χ0) is 8.43. The van der Waals surface area contributed by atoms with E-state index < -0.39 is 17.7 Å². The van der Waals surface area contributed by atoms with Crippen molar-refractivity contribution in [3.63, 3.8) is 0 Å². The van der Waals surface area contributed by atoms with Crippen LogP contribution in [0.4, 0.5) is 0 Å². The molecule has 0 radical (unpaired) electrons. The Bertz CT molecular complexity index is 275. The lowest BCUT2D eigenvalue weighted by molar-refractivity contribution is -0.129. The van der Waals surface area contributed by atoms with Crippen LogP contribution in [0.15, 0.2) is 4.99 Å². The van der Waals surface area contributed by atoms with Gasteiger partial charge in [-0.3, -0.25) is 14.6 Å². The number of Topliss-reactive ketones (excluding diaryl/α,β-unsaturated/α-hetero) is 2. The Morgan fingerprint density at radius 3 is 2.82 bits per heavy atom. The van der Waals surface area contributed by atoms with Crippen molar-refractivity contribution in [3.05, 3.63) is 0 Å². The highest BCUT2D eigenvalue weighted by molar-refractivity contribution is 6.35. The molecule has 0 bridgehead atoms. The summed E-state index contributed by atoms with van der Waals surface area (Å²) in [6.07, 6.45) is 1.06. The van der Waals surface area contributed by atoms with Crippen LogP contribution in [0, 0.1) is 17.2 Å². The van der Waals surface area contributed by atoms with Gasteiger partial charge in [-0.15, -0.1) is 0 Å². The van der Waals surface area contributed by atoms with Crippen molar-refractivity contribution in [2.45, 2.75) is 13.0 Å². The van der Waals surface area contributed by atoms with Gasteiger partial charge in [-0.25, -0.2) is 0 Å². The van der Waals surface area contributed by atoms with Crippen LogP contribution in [0.3, 0.4) is 0 Å². The van der Waals surface area contributed by atoms with Gasteiger partial charge in [-0.2, -0.15) is 5.26 Å². The maximum absolute atomic E-state index is 11.0. The fourth-order valence-electron chi connectivity index (χ4n) is 0.807. The van der Waals surface area contributed by atoms with Crippen molar-refractivity contribution in [2.24, 2.45) is 10.9 Å². The second-order valence-electron chi connectivity index (χ2n) is 2.34. The summed E-state index contributed by atoms with van der Waals surface area (Å²) >= 11 is 0. The third-order valence-corrected chi connectivity index (χ3v) is 1.60. The molecule has 0 N–H and O–H groups in total. The molecule has 0 amide bonds. The number of carbonyl (C=O) groups is 2. The van der Waals surface area contributed by atoms with E-state index in [1.165, 1.54) is 6.92 Å². The van der Waals surface area contributed by atoms with Crippen LogP contribution in [-0.4, -0.2) is 23.8 Å². The summed E-state index contributed by atoms with van der Waals surface area (Å²) < 4.78 is 0. The Labute approximate surface area is 63.5 Å². The zero-order valence-corrected chi connectivity index (χ0v) is 5.94. The lowest BCUT2D eigenvalue weighted by Gasteiger charge is -2.12. The lowest BCUT2D eigenvalue weighted by atomic mass is 9.94. The number of nitrogens with zero attached hydrogens (tertiary/aromatic N) is 2. The number of hydrogen-bond acceptors (Lipinski definition) is 4. The third kappa shape index (κ3) is 1.17. The average molecular weight is 150 g/mol. The van der Waals surface area contributed by atoms with Crippen molar-refractivity contribution in [2.75, 3.05) is 0 Å². The summed E-state index contributed by atoms with van der Waals surface area (Å²) in [7, 11) is 0. The second kappa shape index (κ2) is 2.62. The van der Waals surface area contributed by atoms with Crippen molar-refractivity contribution < 1.29 is 9.59 Å². The summed E-state index contributed by atoms with van der Waals surface area (Å²) in [5.41, 5.74) is 0. The number of hydrogen-bond donors (Lipinski definition) is 0. The molecule has 0 aliphatic carbocycles. The predicted octanol–water partition coefficient (Wildman–Crippen LogP) is -0.263. The molecule has 1 aliphatic rings. The molecule has 1 aliphatic heterocycles. The normalized spacial score (nSPS) is 30.2. The van der Waals surface area contributed by atoms with Crippen molar-refractivity contribution in [3.8, 4) is 6.07 Å². The third-order valence-electron chi connectivity index (χ3n) is 1.60. The van der Waals surface area contributed by atoms with Gasteiger partial charge >= 0.3 is 0 Å². The molecule has 2 unspecified atom stereocenters. The molecule has 4 heteroatoms. The largest absolute Gasteiger partial charge is 0.295 e. The van der Waals surface area contributed by atoms with Gasteiger partial charge in [0.05, 0.1) is 18.2 Å². The number of ketones is 2. The Morgan fingerprint density at radius 1 is 1.64 bits per heavy atom. The smallest absolute Gasteiger partial charge is 0.195 e. The van der Waals surface area contributed by atoms with Crippen LogP contribution in [0.2, 0.25) is 0 Å². The first-order valence-corrected chi connectivity index (χ1v) is 3.17. The molecule has 0 saturated heterocycles.